The molecule has 116 valence electrons. The van der Waals surface area contributed by atoms with E-state index in [9.17, 15) is 9.59 Å². The summed E-state index contributed by atoms with van der Waals surface area (Å²) in [4.78, 5) is 25.5. The highest BCUT2D eigenvalue weighted by atomic mass is 32.1. The largest absolute Gasteiger partial charge is 0.462 e. The Morgan fingerprint density at radius 2 is 2.00 bits per heavy atom. The average molecular weight is 309 g/mol. The van der Waals surface area contributed by atoms with Crippen LogP contribution in [-0.2, 0) is 22.4 Å². The number of esters is 1. The van der Waals surface area contributed by atoms with E-state index < -0.39 is 0 Å². The molecule has 0 spiro atoms. The Hall–Kier alpha value is -1.36. The van der Waals surface area contributed by atoms with Crippen molar-refractivity contribution in [3.8, 4) is 0 Å². The van der Waals surface area contributed by atoms with Crippen molar-refractivity contribution >= 4 is 28.2 Å². The third-order valence-corrected chi connectivity index (χ3v) is 4.55. The molecule has 0 radical (unpaired) electrons. The van der Waals surface area contributed by atoms with Crippen molar-refractivity contribution in [2.45, 2.75) is 53.4 Å². The van der Waals surface area contributed by atoms with E-state index in [2.05, 4.69) is 5.32 Å². The van der Waals surface area contributed by atoms with E-state index >= 15 is 0 Å². The van der Waals surface area contributed by atoms with E-state index in [-0.39, 0.29) is 17.3 Å². The molecule has 1 N–H and O–H groups in total. The number of amides is 1. The summed E-state index contributed by atoms with van der Waals surface area (Å²) >= 11 is 1.52. The van der Waals surface area contributed by atoms with E-state index in [1.807, 2.05) is 20.8 Å². The second-order valence-corrected chi connectivity index (χ2v) is 7.67. The van der Waals surface area contributed by atoms with Crippen molar-refractivity contribution in [1.29, 1.82) is 0 Å². The molecule has 0 saturated carbocycles. The van der Waals surface area contributed by atoms with Crippen LogP contribution in [0, 0.1) is 5.41 Å². The smallest absolute Gasteiger partial charge is 0.341 e. The van der Waals surface area contributed by atoms with Gasteiger partial charge in [0.15, 0.2) is 0 Å². The summed E-state index contributed by atoms with van der Waals surface area (Å²) in [5, 5.41) is 3.57. The molecule has 0 fully saturated rings. The van der Waals surface area contributed by atoms with Gasteiger partial charge in [0.1, 0.15) is 5.00 Å². The van der Waals surface area contributed by atoms with Crippen molar-refractivity contribution < 1.29 is 14.3 Å². The summed E-state index contributed by atoms with van der Waals surface area (Å²) in [5.74, 6) is -0.365. The SMILES string of the molecule is CCOC(=O)c1c(NC(=O)CC(C)(C)C)sc2c1CCC2. The van der Waals surface area contributed by atoms with Crippen LogP contribution in [0.15, 0.2) is 0 Å². The average Bonchev–Trinajstić information content (AvgIpc) is 2.85. The minimum Gasteiger partial charge on any atom is -0.462 e. The molecule has 21 heavy (non-hydrogen) atoms. The Labute approximate surface area is 129 Å². The van der Waals surface area contributed by atoms with Crippen LogP contribution in [0.4, 0.5) is 5.00 Å². The number of carbonyl (C=O) groups excluding carboxylic acids is 2. The Morgan fingerprint density at radius 1 is 1.29 bits per heavy atom. The highest BCUT2D eigenvalue weighted by Crippen LogP contribution is 2.39. The number of anilines is 1. The maximum atomic E-state index is 12.2. The van der Waals surface area contributed by atoms with Crippen molar-refractivity contribution in [2.75, 3.05) is 11.9 Å². The Morgan fingerprint density at radius 3 is 2.62 bits per heavy atom. The quantitative estimate of drug-likeness (QED) is 0.861. The number of carbonyl (C=O) groups is 2. The van der Waals surface area contributed by atoms with E-state index in [0.717, 1.165) is 24.8 Å². The van der Waals surface area contributed by atoms with Gasteiger partial charge in [-0.1, -0.05) is 20.8 Å². The van der Waals surface area contributed by atoms with Crippen LogP contribution in [0.3, 0.4) is 0 Å². The van der Waals surface area contributed by atoms with E-state index in [1.165, 1.54) is 16.2 Å². The lowest BCUT2D eigenvalue weighted by molar-refractivity contribution is -0.117. The number of hydrogen-bond donors (Lipinski definition) is 1. The molecule has 1 aliphatic carbocycles. The Balaban J connectivity index is 2.23. The predicted octanol–water partition coefficient (Wildman–Crippen LogP) is 3.79. The van der Waals surface area contributed by atoms with Gasteiger partial charge in [0.05, 0.1) is 12.2 Å². The molecule has 0 aromatic carbocycles. The molecule has 0 aliphatic heterocycles. The Bertz CT molecular complexity index is 555. The molecular weight excluding hydrogens is 286 g/mol. The molecule has 0 bridgehead atoms. The molecule has 1 heterocycles. The number of ether oxygens (including phenoxy) is 1. The van der Waals surface area contributed by atoms with Crippen LogP contribution < -0.4 is 5.32 Å². The maximum absolute atomic E-state index is 12.2. The van der Waals surface area contributed by atoms with Crippen molar-refractivity contribution in [1.82, 2.24) is 0 Å². The van der Waals surface area contributed by atoms with Gasteiger partial charge in [-0.3, -0.25) is 4.79 Å². The third-order valence-electron chi connectivity index (χ3n) is 3.34. The van der Waals surface area contributed by atoms with Crippen molar-refractivity contribution in [3.05, 3.63) is 16.0 Å². The number of thiophene rings is 1. The minimum atomic E-state index is -0.317. The van der Waals surface area contributed by atoms with Crippen LogP contribution in [0.25, 0.3) is 0 Å². The standard InChI is InChI=1S/C16H23NO3S/c1-5-20-15(19)13-10-7-6-8-11(10)21-14(13)17-12(18)9-16(2,3)4/h5-9H2,1-4H3,(H,17,18). The summed E-state index contributed by atoms with van der Waals surface area (Å²) in [6.45, 7) is 8.20. The van der Waals surface area contributed by atoms with Crippen LogP contribution in [0.5, 0.6) is 0 Å². The van der Waals surface area contributed by atoms with Gasteiger partial charge in [0, 0.05) is 11.3 Å². The van der Waals surface area contributed by atoms with Gasteiger partial charge >= 0.3 is 5.97 Å². The number of aryl methyl sites for hydroxylation is 1. The highest BCUT2D eigenvalue weighted by Gasteiger charge is 2.28. The maximum Gasteiger partial charge on any atom is 0.341 e. The van der Waals surface area contributed by atoms with Gasteiger partial charge in [-0.25, -0.2) is 4.79 Å². The summed E-state index contributed by atoms with van der Waals surface area (Å²) in [7, 11) is 0. The van der Waals surface area contributed by atoms with Crippen LogP contribution in [0.1, 0.15) is 61.3 Å². The van der Waals surface area contributed by atoms with E-state index in [0.29, 0.717) is 23.6 Å². The fraction of sp³-hybridized carbons (Fsp3) is 0.625. The highest BCUT2D eigenvalue weighted by molar-refractivity contribution is 7.17. The van der Waals surface area contributed by atoms with Gasteiger partial charge in [-0.05, 0) is 37.2 Å². The van der Waals surface area contributed by atoms with Gasteiger partial charge in [0.2, 0.25) is 5.91 Å². The number of fused-ring (bicyclic) bond motifs is 1. The zero-order valence-electron chi connectivity index (χ0n) is 13.2. The molecule has 5 heteroatoms. The van der Waals surface area contributed by atoms with Crippen LogP contribution in [0.2, 0.25) is 0 Å². The number of hydrogen-bond acceptors (Lipinski definition) is 4. The van der Waals surface area contributed by atoms with Gasteiger partial charge in [-0.15, -0.1) is 11.3 Å². The summed E-state index contributed by atoms with van der Waals surface area (Å²) in [6.07, 6.45) is 3.39. The normalized spacial score (nSPS) is 13.9. The first kappa shape index (κ1) is 16.0. The van der Waals surface area contributed by atoms with Gasteiger partial charge < -0.3 is 10.1 Å². The molecule has 1 amide bonds. The fourth-order valence-corrected chi connectivity index (χ4v) is 3.86. The van der Waals surface area contributed by atoms with Crippen LogP contribution >= 0.6 is 11.3 Å². The van der Waals surface area contributed by atoms with E-state index in [1.54, 1.807) is 6.92 Å². The molecule has 1 aromatic heterocycles. The molecule has 1 aliphatic rings. The lowest BCUT2D eigenvalue weighted by Gasteiger charge is -2.17. The van der Waals surface area contributed by atoms with Crippen molar-refractivity contribution in [2.24, 2.45) is 5.41 Å². The lowest BCUT2D eigenvalue weighted by atomic mass is 9.92. The first-order valence-corrected chi connectivity index (χ1v) is 8.25. The molecule has 1 aromatic rings. The summed E-state index contributed by atoms with van der Waals surface area (Å²) in [5.41, 5.74) is 1.58. The zero-order chi connectivity index (χ0) is 15.6. The molecule has 4 nitrogen and oxygen atoms in total. The lowest BCUT2D eigenvalue weighted by Crippen LogP contribution is -2.20. The van der Waals surface area contributed by atoms with Crippen LogP contribution in [-0.4, -0.2) is 18.5 Å². The molecule has 2 rings (SSSR count). The van der Waals surface area contributed by atoms with Crippen molar-refractivity contribution in [3.63, 3.8) is 0 Å². The summed E-state index contributed by atoms with van der Waals surface area (Å²) < 4.78 is 5.15. The molecule has 0 atom stereocenters. The zero-order valence-corrected chi connectivity index (χ0v) is 14.0. The number of rotatable bonds is 4. The topological polar surface area (TPSA) is 55.4 Å². The Kier molecular flexibility index (Phi) is 4.71. The van der Waals surface area contributed by atoms with E-state index in [4.69, 9.17) is 4.74 Å². The molecule has 0 saturated heterocycles. The second kappa shape index (κ2) is 6.18. The monoisotopic (exact) mass is 309 g/mol. The predicted molar refractivity (Wildman–Crippen MR) is 85.0 cm³/mol. The third kappa shape index (κ3) is 3.84. The minimum absolute atomic E-state index is 0.0482. The van der Waals surface area contributed by atoms with Gasteiger partial charge in [0.25, 0.3) is 0 Å². The number of nitrogens with one attached hydrogen (secondary N) is 1. The molecular formula is C16H23NO3S. The van der Waals surface area contributed by atoms with Gasteiger partial charge in [-0.2, -0.15) is 0 Å². The first-order chi connectivity index (χ1) is 9.81. The summed E-state index contributed by atoms with van der Waals surface area (Å²) in [6, 6.07) is 0. The second-order valence-electron chi connectivity index (χ2n) is 6.57. The molecule has 0 unspecified atom stereocenters. The first-order valence-electron chi connectivity index (χ1n) is 7.43. The fourth-order valence-electron chi connectivity index (χ4n) is 2.56.